The van der Waals surface area contributed by atoms with E-state index >= 15 is 0 Å². The Morgan fingerprint density at radius 1 is 1.29 bits per heavy atom. The molecule has 1 aliphatic heterocycles. The first-order valence-electron chi connectivity index (χ1n) is 8.33. The van der Waals surface area contributed by atoms with Crippen LogP contribution in [0.1, 0.15) is 13.8 Å². The predicted octanol–water partition coefficient (Wildman–Crippen LogP) is 4.92. The van der Waals surface area contributed by atoms with Crippen molar-refractivity contribution in [2.75, 3.05) is 16.9 Å². The number of rotatable bonds is 5. The first-order chi connectivity index (χ1) is 13.2. The van der Waals surface area contributed by atoms with Gasteiger partial charge in [-0.1, -0.05) is 11.6 Å². The van der Waals surface area contributed by atoms with E-state index in [9.17, 15) is 18.0 Å². The van der Waals surface area contributed by atoms with Crippen molar-refractivity contribution in [1.29, 1.82) is 0 Å². The molecule has 2 aromatic rings. The minimum absolute atomic E-state index is 0.0298. The number of halogens is 4. The second-order valence-electron chi connectivity index (χ2n) is 6.56. The average molecular weight is 412 g/mol. The van der Waals surface area contributed by atoms with Gasteiger partial charge in [-0.3, -0.25) is 9.80 Å². The van der Waals surface area contributed by atoms with Crippen molar-refractivity contribution in [2.24, 2.45) is 10.5 Å². The number of hydrazone groups is 1. The highest BCUT2D eigenvalue weighted by Gasteiger charge is 2.43. The van der Waals surface area contributed by atoms with E-state index in [1.165, 1.54) is 24.3 Å². The fourth-order valence-corrected chi connectivity index (χ4v) is 3.04. The van der Waals surface area contributed by atoms with E-state index in [0.717, 1.165) is 6.07 Å². The summed E-state index contributed by atoms with van der Waals surface area (Å²) in [5.41, 5.74) is 0.444. The lowest BCUT2D eigenvalue weighted by atomic mass is 9.85. The fourth-order valence-electron chi connectivity index (χ4n) is 2.82. The molecule has 28 heavy (non-hydrogen) atoms. The Kier molecular flexibility index (Phi) is 5.51. The summed E-state index contributed by atoms with van der Waals surface area (Å²) in [6, 6.07) is 9.72. The third-order valence-electron chi connectivity index (χ3n) is 4.52. The number of alkyl halides is 2. The molecule has 0 fully saturated rings. The number of hydrogen-bond acceptors (Lipinski definition) is 4. The van der Waals surface area contributed by atoms with Crippen LogP contribution in [-0.4, -0.2) is 24.8 Å². The van der Waals surface area contributed by atoms with E-state index in [1.807, 2.05) is 0 Å². The maximum absolute atomic E-state index is 13.5. The lowest BCUT2D eigenvalue weighted by Gasteiger charge is -2.24. The van der Waals surface area contributed by atoms with E-state index in [-0.39, 0.29) is 28.9 Å². The van der Waals surface area contributed by atoms with Gasteiger partial charge in [-0.2, -0.15) is 13.9 Å². The number of benzene rings is 2. The second kappa shape index (κ2) is 7.71. The molecule has 0 saturated carbocycles. The van der Waals surface area contributed by atoms with Gasteiger partial charge in [0.1, 0.15) is 17.0 Å². The topological polar surface area (TPSA) is 53.9 Å². The first kappa shape index (κ1) is 20.0. The lowest BCUT2D eigenvalue weighted by molar-refractivity contribution is -0.121. The number of anilines is 2. The van der Waals surface area contributed by atoms with Gasteiger partial charge in [0.25, 0.3) is 0 Å². The van der Waals surface area contributed by atoms with Gasteiger partial charge in [0, 0.05) is 10.7 Å². The van der Waals surface area contributed by atoms with Crippen LogP contribution in [0.5, 0.6) is 5.75 Å². The Labute approximate surface area is 164 Å². The average Bonchev–Trinajstić information content (AvgIpc) is 2.90. The van der Waals surface area contributed by atoms with Crippen molar-refractivity contribution in [3.63, 3.8) is 0 Å². The zero-order chi connectivity index (χ0) is 20.5. The molecule has 148 valence electrons. The molecule has 1 N–H and O–H groups in total. The summed E-state index contributed by atoms with van der Waals surface area (Å²) in [4.78, 5) is 12.8. The van der Waals surface area contributed by atoms with Crippen molar-refractivity contribution < 1.29 is 22.7 Å². The summed E-state index contributed by atoms with van der Waals surface area (Å²) in [6.45, 7) is 0.757. The van der Waals surface area contributed by atoms with E-state index in [4.69, 9.17) is 11.6 Å². The molecular formula is C19H17ClF3N3O2. The van der Waals surface area contributed by atoms with Crippen molar-refractivity contribution in [1.82, 2.24) is 0 Å². The number of carbonyl (C=O) groups is 1. The van der Waals surface area contributed by atoms with Gasteiger partial charge in [0.2, 0.25) is 5.91 Å². The molecule has 0 saturated heterocycles. The van der Waals surface area contributed by atoms with Gasteiger partial charge in [0.15, 0.2) is 0 Å². The molecule has 2 aromatic carbocycles. The largest absolute Gasteiger partial charge is 0.435 e. The fraction of sp³-hybridized carbons (Fsp3) is 0.263. The number of ether oxygens (including phenoxy) is 1. The third-order valence-corrected chi connectivity index (χ3v) is 4.73. The molecule has 1 unspecified atom stereocenters. The van der Waals surface area contributed by atoms with Crippen LogP contribution in [0.2, 0.25) is 5.02 Å². The van der Waals surface area contributed by atoms with Crippen molar-refractivity contribution in [2.45, 2.75) is 20.5 Å². The molecular weight excluding hydrogens is 395 g/mol. The second-order valence-corrected chi connectivity index (χ2v) is 7.00. The smallest absolute Gasteiger partial charge is 0.387 e. The summed E-state index contributed by atoms with van der Waals surface area (Å²) >= 11 is 5.82. The minimum Gasteiger partial charge on any atom is -0.435 e. The summed E-state index contributed by atoms with van der Waals surface area (Å²) in [5.74, 6) is -0.893. The molecule has 0 aliphatic carbocycles. The number of carbonyl (C=O) groups excluding carboxylic acids is 1. The summed E-state index contributed by atoms with van der Waals surface area (Å²) in [5, 5.41) is 8.83. The monoisotopic (exact) mass is 411 g/mol. The van der Waals surface area contributed by atoms with Gasteiger partial charge >= 0.3 is 6.61 Å². The van der Waals surface area contributed by atoms with Crippen molar-refractivity contribution in [3.05, 3.63) is 53.3 Å². The van der Waals surface area contributed by atoms with Gasteiger partial charge in [-0.25, -0.2) is 4.39 Å². The van der Waals surface area contributed by atoms with Crippen molar-refractivity contribution >= 4 is 34.6 Å². The Bertz CT molecular complexity index is 901. The maximum Gasteiger partial charge on any atom is 0.387 e. The Morgan fingerprint density at radius 2 is 1.96 bits per heavy atom. The standard InChI is InChI=1S/C19H17ClF3N3O2/c1-11-19(2,17(27)24-14-8-12(20)7-13(21)9-14)10-26(25-11)15-3-5-16(6-4-15)28-18(22)23/h3-9,18H,10H2,1-2H3,(H,24,27). The number of amides is 1. The van der Waals surface area contributed by atoms with Crippen LogP contribution in [-0.2, 0) is 4.79 Å². The van der Waals surface area contributed by atoms with E-state index in [0.29, 0.717) is 11.4 Å². The van der Waals surface area contributed by atoms with Crippen LogP contribution in [0.3, 0.4) is 0 Å². The normalized spacial score (nSPS) is 19.0. The highest BCUT2D eigenvalue weighted by Crippen LogP contribution is 2.33. The molecule has 0 radical (unpaired) electrons. The van der Waals surface area contributed by atoms with Crippen LogP contribution >= 0.6 is 11.6 Å². The first-order valence-corrected chi connectivity index (χ1v) is 8.71. The summed E-state index contributed by atoms with van der Waals surface area (Å²) in [7, 11) is 0. The van der Waals surface area contributed by atoms with Crippen molar-refractivity contribution in [3.8, 4) is 5.75 Å². The van der Waals surface area contributed by atoms with Crippen LogP contribution in [0.25, 0.3) is 0 Å². The minimum atomic E-state index is -2.90. The molecule has 3 rings (SSSR count). The predicted molar refractivity (Wildman–Crippen MR) is 102 cm³/mol. The zero-order valence-corrected chi connectivity index (χ0v) is 15.8. The molecule has 0 bridgehead atoms. The Hall–Kier alpha value is -2.74. The molecule has 5 nitrogen and oxygen atoms in total. The third kappa shape index (κ3) is 4.22. The summed E-state index contributed by atoms with van der Waals surface area (Å²) < 4.78 is 42.3. The van der Waals surface area contributed by atoms with Crippen LogP contribution in [0.4, 0.5) is 24.5 Å². The molecule has 1 atom stereocenters. The zero-order valence-electron chi connectivity index (χ0n) is 15.0. The molecule has 0 aromatic heterocycles. The van der Waals surface area contributed by atoms with Gasteiger partial charge in [-0.15, -0.1) is 0 Å². The summed E-state index contributed by atoms with van der Waals surface area (Å²) in [6.07, 6.45) is 0. The van der Waals surface area contributed by atoms with Gasteiger partial charge in [0.05, 0.1) is 17.9 Å². The lowest BCUT2D eigenvalue weighted by Crippen LogP contribution is -2.42. The highest BCUT2D eigenvalue weighted by atomic mass is 35.5. The molecule has 1 aliphatic rings. The molecule has 1 amide bonds. The SMILES string of the molecule is CC1=NN(c2ccc(OC(F)F)cc2)CC1(C)C(=O)Nc1cc(F)cc(Cl)c1. The molecule has 0 spiro atoms. The van der Waals surface area contributed by atoms with E-state index in [2.05, 4.69) is 15.2 Å². The van der Waals surface area contributed by atoms with E-state index < -0.39 is 17.8 Å². The Balaban J connectivity index is 1.75. The van der Waals surface area contributed by atoms with E-state index in [1.54, 1.807) is 31.0 Å². The maximum atomic E-state index is 13.5. The van der Waals surface area contributed by atoms with Gasteiger partial charge < -0.3 is 10.1 Å². The van der Waals surface area contributed by atoms with Crippen LogP contribution < -0.4 is 15.1 Å². The van der Waals surface area contributed by atoms with Crippen LogP contribution in [0.15, 0.2) is 47.6 Å². The van der Waals surface area contributed by atoms with Crippen LogP contribution in [0, 0.1) is 11.2 Å². The Morgan fingerprint density at radius 3 is 2.57 bits per heavy atom. The quantitative estimate of drug-likeness (QED) is 0.759. The number of hydrogen-bond donors (Lipinski definition) is 1. The molecule has 1 heterocycles. The highest BCUT2D eigenvalue weighted by molar-refractivity contribution is 6.31. The molecule has 9 heteroatoms. The van der Waals surface area contributed by atoms with Gasteiger partial charge in [-0.05, 0) is 56.3 Å². The number of nitrogens with one attached hydrogen (secondary N) is 1. The number of nitrogens with zero attached hydrogens (tertiary/aromatic N) is 2.